The standard InChI is InChI=1S/C19H27FN2O3S/c1-15(10-13-26(2,24)25)21-19(23)22-12-9-16(8-11-20)14-18(22)17-6-4-3-5-7-17/h3-7,10,13,15-16,18H,8-9,11-12,14H2,1-2H3,(H,21,23)/b13-10+/t15-,16+,18-/m0/s1. The van der Waals surface area contributed by atoms with Gasteiger partial charge in [0.05, 0.1) is 12.7 Å². The van der Waals surface area contributed by atoms with Crippen molar-refractivity contribution in [3.05, 3.63) is 47.4 Å². The van der Waals surface area contributed by atoms with Gasteiger partial charge in [-0.1, -0.05) is 36.4 Å². The van der Waals surface area contributed by atoms with Gasteiger partial charge < -0.3 is 10.2 Å². The van der Waals surface area contributed by atoms with E-state index < -0.39 is 15.9 Å². The summed E-state index contributed by atoms with van der Waals surface area (Å²) in [4.78, 5) is 14.5. The minimum Gasteiger partial charge on any atom is -0.332 e. The molecule has 0 aromatic heterocycles. The molecule has 1 aromatic carbocycles. The number of hydrogen-bond donors (Lipinski definition) is 1. The first-order valence-electron chi connectivity index (χ1n) is 8.86. The van der Waals surface area contributed by atoms with Crippen LogP contribution in [0.3, 0.4) is 0 Å². The molecule has 3 atom stereocenters. The monoisotopic (exact) mass is 382 g/mol. The Labute approximate surface area is 155 Å². The highest BCUT2D eigenvalue weighted by Crippen LogP contribution is 2.35. The van der Waals surface area contributed by atoms with Gasteiger partial charge in [0.2, 0.25) is 0 Å². The Morgan fingerprint density at radius 1 is 1.38 bits per heavy atom. The average Bonchev–Trinajstić information content (AvgIpc) is 2.60. The molecule has 1 aliphatic heterocycles. The molecule has 1 aromatic rings. The summed E-state index contributed by atoms with van der Waals surface area (Å²) in [5.41, 5.74) is 1.03. The molecule has 0 radical (unpaired) electrons. The van der Waals surface area contributed by atoms with E-state index in [9.17, 15) is 17.6 Å². The molecule has 1 heterocycles. The SMILES string of the molecule is C[C@@H](/C=C/S(C)(=O)=O)NC(=O)N1CC[C@@H](CCF)C[C@H]1c1ccccc1. The van der Waals surface area contributed by atoms with Crippen LogP contribution in [0.2, 0.25) is 0 Å². The summed E-state index contributed by atoms with van der Waals surface area (Å²) in [6, 6.07) is 9.01. The third kappa shape index (κ3) is 6.12. The van der Waals surface area contributed by atoms with Crippen LogP contribution >= 0.6 is 0 Å². The first kappa shape index (κ1) is 20.4. The second-order valence-corrected chi connectivity index (χ2v) is 8.82. The van der Waals surface area contributed by atoms with Gasteiger partial charge in [0.25, 0.3) is 0 Å². The zero-order valence-corrected chi connectivity index (χ0v) is 16.1. The minimum atomic E-state index is -3.23. The molecule has 144 valence electrons. The number of carbonyl (C=O) groups is 1. The minimum absolute atomic E-state index is 0.104. The highest BCUT2D eigenvalue weighted by molar-refractivity contribution is 7.93. The van der Waals surface area contributed by atoms with Crippen LogP contribution in [0.25, 0.3) is 0 Å². The Morgan fingerprint density at radius 2 is 2.08 bits per heavy atom. The van der Waals surface area contributed by atoms with E-state index in [2.05, 4.69) is 5.32 Å². The van der Waals surface area contributed by atoms with E-state index in [1.54, 1.807) is 11.8 Å². The van der Waals surface area contributed by atoms with Crippen LogP contribution in [-0.4, -0.2) is 44.9 Å². The number of alkyl halides is 1. The molecule has 1 saturated heterocycles. The van der Waals surface area contributed by atoms with Gasteiger partial charge in [-0.25, -0.2) is 13.2 Å². The van der Waals surface area contributed by atoms with E-state index in [1.807, 2.05) is 30.3 Å². The van der Waals surface area contributed by atoms with E-state index in [0.29, 0.717) is 13.0 Å². The molecule has 2 amide bonds. The molecule has 0 unspecified atom stereocenters. The number of carbonyl (C=O) groups excluding carboxylic acids is 1. The Balaban J connectivity index is 2.11. The maximum absolute atomic E-state index is 12.8. The summed E-state index contributed by atoms with van der Waals surface area (Å²) >= 11 is 0. The molecule has 1 N–H and O–H groups in total. The number of nitrogens with zero attached hydrogens (tertiary/aromatic N) is 1. The fourth-order valence-corrected chi connectivity index (χ4v) is 3.80. The fourth-order valence-electron chi connectivity index (χ4n) is 3.28. The van der Waals surface area contributed by atoms with Gasteiger partial charge in [-0.3, -0.25) is 4.39 Å². The topological polar surface area (TPSA) is 66.5 Å². The van der Waals surface area contributed by atoms with E-state index in [-0.39, 0.29) is 24.7 Å². The van der Waals surface area contributed by atoms with Crippen molar-refractivity contribution in [2.45, 2.75) is 38.3 Å². The molecule has 0 aliphatic carbocycles. The van der Waals surface area contributed by atoms with Crippen LogP contribution in [0.5, 0.6) is 0 Å². The van der Waals surface area contributed by atoms with Gasteiger partial charge in [0, 0.05) is 24.3 Å². The summed E-state index contributed by atoms with van der Waals surface area (Å²) in [5.74, 6) is 0.261. The van der Waals surface area contributed by atoms with Crippen LogP contribution in [0, 0.1) is 5.92 Å². The van der Waals surface area contributed by atoms with E-state index in [0.717, 1.165) is 30.1 Å². The van der Waals surface area contributed by atoms with E-state index in [1.165, 1.54) is 6.08 Å². The summed E-state index contributed by atoms with van der Waals surface area (Å²) in [6.45, 7) is 1.94. The second kappa shape index (κ2) is 9.16. The summed E-state index contributed by atoms with van der Waals surface area (Å²) in [7, 11) is -3.23. The number of rotatable bonds is 6. The summed E-state index contributed by atoms with van der Waals surface area (Å²) < 4.78 is 35.2. The van der Waals surface area contributed by atoms with Gasteiger partial charge in [0.15, 0.2) is 9.84 Å². The molecule has 5 nitrogen and oxygen atoms in total. The zero-order valence-electron chi connectivity index (χ0n) is 15.3. The van der Waals surface area contributed by atoms with Crippen molar-refractivity contribution in [1.29, 1.82) is 0 Å². The molecule has 1 fully saturated rings. The first-order valence-corrected chi connectivity index (χ1v) is 10.8. The lowest BCUT2D eigenvalue weighted by Gasteiger charge is -2.40. The van der Waals surface area contributed by atoms with Crippen molar-refractivity contribution in [2.24, 2.45) is 5.92 Å². The number of benzene rings is 1. The molecule has 0 spiro atoms. The summed E-state index contributed by atoms with van der Waals surface area (Å²) in [6.07, 6.45) is 4.59. The molecular weight excluding hydrogens is 355 g/mol. The van der Waals surface area contributed by atoms with Crippen molar-refractivity contribution >= 4 is 15.9 Å². The predicted octanol–water partition coefficient (Wildman–Crippen LogP) is 3.46. The lowest BCUT2D eigenvalue weighted by atomic mass is 9.85. The van der Waals surface area contributed by atoms with Crippen molar-refractivity contribution in [1.82, 2.24) is 10.2 Å². The van der Waals surface area contributed by atoms with Crippen molar-refractivity contribution in [3.8, 4) is 0 Å². The second-order valence-electron chi connectivity index (χ2n) is 6.88. The number of likely N-dealkylation sites (tertiary alicyclic amines) is 1. The van der Waals surface area contributed by atoms with Gasteiger partial charge in [-0.05, 0) is 37.7 Å². The molecule has 0 saturated carbocycles. The number of nitrogens with one attached hydrogen (secondary N) is 1. The lowest BCUT2D eigenvalue weighted by Crippen LogP contribution is -2.48. The fraction of sp³-hybridized carbons (Fsp3) is 0.526. The predicted molar refractivity (Wildman–Crippen MR) is 101 cm³/mol. The molecule has 0 bridgehead atoms. The Bertz CT molecular complexity index is 722. The Morgan fingerprint density at radius 3 is 2.69 bits per heavy atom. The van der Waals surface area contributed by atoms with Crippen molar-refractivity contribution in [3.63, 3.8) is 0 Å². The van der Waals surface area contributed by atoms with Gasteiger partial charge >= 0.3 is 6.03 Å². The zero-order chi connectivity index (χ0) is 19.2. The van der Waals surface area contributed by atoms with E-state index in [4.69, 9.17) is 0 Å². The van der Waals surface area contributed by atoms with Crippen LogP contribution in [0.1, 0.15) is 37.8 Å². The Kier molecular flexibility index (Phi) is 7.20. The number of halogens is 1. The number of amides is 2. The molecular formula is C19H27FN2O3S. The maximum Gasteiger partial charge on any atom is 0.318 e. The van der Waals surface area contributed by atoms with Crippen LogP contribution in [-0.2, 0) is 9.84 Å². The third-order valence-electron chi connectivity index (χ3n) is 4.64. The third-order valence-corrected chi connectivity index (χ3v) is 5.29. The lowest BCUT2D eigenvalue weighted by molar-refractivity contribution is 0.120. The maximum atomic E-state index is 12.8. The van der Waals surface area contributed by atoms with Crippen LogP contribution in [0.15, 0.2) is 41.8 Å². The number of sulfone groups is 1. The van der Waals surface area contributed by atoms with Gasteiger partial charge in [-0.15, -0.1) is 0 Å². The average molecular weight is 383 g/mol. The number of urea groups is 1. The Hall–Kier alpha value is -1.89. The normalized spacial score (nSPS) is 22.3. The van der Waals surface area contributed by atoms with Gasteiger partial charge in [0.1, 0.15) is 0 Å². The highest BCUT2D eigenvalue weighted by atomic mass is 32.2. The summed E-state index contributed by atoms with van der Waals surface area (Å²) in [5, 5.41) is 3.93. The van der Waals surface area contributed by atoms with Crippen molar-refractivity contribution in [2.75, 3.05) is 19.5 Å². The largest absolute Gasteiger partial charge is 0.332 e. The highest BCUT2D eigenvalue weighted by Gasteiger charge is 2.32. The van der Waals surface area contributed by atoms with E-state index >= 15 is 0 Å². The van der Waals surface area contributed by atoms with Crippen LogP contribution in [0.4, 0.5) is 9.18 Å². The molecule has 2 rings (SSSR count). The quantitative estimate of drug-likeness (QED) is 0.819. The first-order chi connectivity index (χ1) is 12.3. The van der Waals surface area contributed by atoms with Crippen LogP contribution < -0.4 is 5.32 Å². The molecule has 1 aliphatic rings. The smallest absolute Gasteiger partial charge is 0.318 e. The number of piperidine rings is 1. The molecule has 7 heteroatoms. The van der Waals surface area contributed by atoms with Gasteiger partial charge in [-0.2, -0.15) is 0 Å². The number of hydrogen-bond acceptors (Lipinski definition) is 3. The van der Waals surface area contributed by atoms with Crippen molar-refractivity contribution < 1.29 is 17.6 Å². The molecule has 26 heavy (non-hydrogen) atoms.